The normalized spacial score (nSPS) is 23.6. The van der Waals surface area contributed by atoms with Gasteiger partial charge in [0.1, 0.15) is 5.65 Å². The van der Waals surface area contributed by atoms with Crippen LogP contribution in [-0.2, 0) is 4.74 Å². The Morgan fingerprint density at radius 3 is 2.95 bits per heavy atom. The highest BCUT2D eigenvalue weighted by molar-refractivity contribution is 5.81. The molecule has 0 saturated heterocycles. The smallest absolute Gasteiger partial charge is 0.140 e. The number of nitrogens with zero attached hydrogens (tertiary/aromatic N) is 2. The molecule has 0 spiro atoms. The number of hydrogen-bond donors (Lipinski definition) is 0. The summed E-state index contributed by atoms with van der Waals surface area (Å²) in [4.78, 5) is 4.60. The van der Waals surface area contributed by atoms with Gasteiger partial charge in [-0.25, -0.2) is 4.98 Å². The molecule has 3 rings (SSSR count). The van der Waals surface area contributed by atoms with Crippen LogP contribution in [0.4, 0.5) is 0 Å². The van der Waals surface area contributed by atoms with Crippen molar-refractivity contribution in [2.24, 2.45) is 0 Å². The predicted octanol–water partition coefficient (Wildman–Crippen LogP) is 3.90. The van der Waals surface area contributed by atoms with Crippen molar-refractivity contribution in [3.8, 4) is 0 Å². The quantitative estimate of drug-likeness (QED) is 0.835. The Morgan fingerprint density at radius 1 is 1.37 bits per heavy atom. The van der Waals surface area contributed by atoms with E-state index >= 15 is 0 Å². The molecule has 0 N–H and O–H groups in total. The van der Waals surface area contributed by atoms with Gasteiger partial charge in [-0.15, -0.1) is 0 Å². The van der Waals surface area contributed by atoms with Gasteiger partial charge in [0, 0.05) is 24.9 Å². The molecule has 0 aliphatic heterocycles. The zero-order valence-electron chi connectivity index (χ0n) is 12.0. The lowest BCUT2D eigenvalue weighted by Gasteiger charge is -2.20. The van der Waals surface area contributed by atoms with E-state index < -0.39 is 0 Å². The minimum atomic E-state index is 0.331. The van der Waals surface area contributed by atoms with Crippen LogP contribution in [0.1, 0.15) is 50.6 Å². The van der Waals surface area contributed by atoms with Crippen LogP contribution >= 0.6 is 0 Å². The molecule has 3 nitrogen and oxygen atoms in total. The first-order chi connectivity index (χ1) is 9.22. The summed E-state index contributed by atoms with van der Waals surface area (Å²) in [6.07, 6.45) is 8.11. The molecule has 3 heteroatoms. The maximum atomic E-state index is 5.65. The monoisotopic (exact) mass is 258 g/mol. The third kappa shape index (κ3) is 2.06. The molecule has 0 amide bonds. The summed E-state index contributed by atoms with van der Waals surface area (Å²) in [5.74, 6) is 0.523. The molecule has 0 aromatic carbocycles. The molecular formula is C16H22N2O. The lowest BCUT2D eigenvalue weighted by molar-refractivity contribution is 0.0761. The van der Waals surface area contributed by atoms with E-state index in [1.807, 2.05) is 19.4 Å². The first-order valence-electron chi connectivity index (χ1n) is 7.20. The Balaban J connectivity index is 2.13. The lowest BCUT2D eigenvalue weighted by atomic mass is 10.0. The van der Waals surface area contributed by atoms with Gasteiger partial charge in [0.15, 0.2) is 0 Å². The lowest BCUT2D eigenvalue weighted by Crippen LogP contribution is -2.20. The van der Waals surface area contributed by atoms with Crippen LogP contribution in [-0.4, -0.2) is 22.8 Å². The minimum Gasteiger partial charge on any atom is -0.379 e. The highest BCUT2D eigenvalue weighted by atomic mass is 16.5. The van der Waals surface area contributed by atoms with Gasteiger partial charge in [-0.2, -0.15) is 0 Å². The second kappa shape index (κ2) is 4.97. The zero-order valence-corrected chi connectivity index (χ0v) is 12.0. The van der Waals surface area contributed by atoms with Gasteiger partial charge in [-0.3, -0.25) is 0 Å². The van der Waals surface area contributed by atoms with E-state index in [9.17, 15) is 0 Å². The Labute approximate surface area is 114 Å². The Morgan fingerprint density at radius 2 is 2.21 bits per heavy atom. The standard InChI is InChI=1S/C16H22N2O/c1-11(2)13-10-18(14-7-4-8-15(14)19-3)16-12(13)6-5-9-17-16/h5-6,9-11,14-15H,4,7-8H2,1-3H3. The second-order valence-corrected chi connectivity index (χ2v) is 5.79. The topological polar surface area (TPSA) is 27.1 Å². The van der Waals surface area contributed by atoms with Crippen LogP contribution in [0.5, 0.6) is 0 Å². The van der Waals surface area contributed by atoms with Crippen LogP contribution in [0.2, 0.25) is 0 Å². The predicted molar refractivity (Wildman–Crippen MR) is 77.5 cm³/mol. The fourth-order valence-electron chi connectivity index (χ4n) is 3.32. The van der Waals surface area contributed by atoms with Crippen molar-refractivity contribution >= 4 is 11.0 Å². The van der Waals surface area contributed by atoms with Gasteiger partial charge in [0.2, 0.25) is 0 Å². The van der Waals surface area contributed by atoms with Gasteiger partial charge >= 0.3 is 0 Å². The fraction of sp³-hybridized carbons (Fsp3) is 0.562. The summed E-state index contributed by atoms with van der Waals surface area (Å²) < 4.78 is 8.00. The first-order valence-corrected chi connectivity index (χ1v) is 7.20. The molecule has 1 aliphatic carbocycles. The van der Waals surface area contributed by atoms with Gasteiger partial charge in [0.25, 0.3) is 0 Å². The van der Waals surface area contributed by atoms with Gasteiger partial charge in [-0.05, 0) is 42.9 Å². The first kappa shape index (κ1) is 12.7. The molecule has 2 aromatic rings. The van der Waals surface area contributed by atoms with Crippen molar-refractivity contribution in [3.05, 3.63) is 30.1 Å². The third-order valence-electron chi connectivity index (χ3n) is 4.32. The summed E-state index contributed by atoms with van der Waals surface area (Å²) in [5.41, 5.74) is 2.50. The maximum Gasteiger partial charge on any atom is 0.140 e. The average Bonchev–Trinajstić information content (AvgIpc) is 3.02. The van der Waals surface area contributed by atoms with Crippen molar-refractivity contribution in [3.63, 3.8) is 0 Å². The third-order valence-corrected chi connectivity index (χ3v) is 4.32. The van der Waals surface area contributed by atoms with E-state index in [0.717, 1.165) is 12.1 Å². The molecule has 2 aromatic heterocycles. The number of hydrogen-bond acceptors (Lipinski definition) is 2. The zero-order chi connectivity index (χ0) is 13.4. The minimum absolute atomic E-state index is 0.331. The molecule has 1 saturated carbocycles. The van der Waals surface area contributed by atoms with Crippen molar-refractivity contribution in [1.82, 2.24) is 9.55 Å². The highest BCUT2D eigenvalue weighted by Crippen LogP contribution is 2.36. The van der Waals surface area contributed by atoms with Gasteiger partial charge < -0.3 is 9.30 Å². The highest BCUT2D eigenvalue weighted by Gasteiger charge is 2.30. The van der Waals surface area contributed by atoms with Crippen molar-refractivity contribution in [1.29, 1.82) is 0 Å². The van der Waals surface area contributed by atoms with Crippen LogP contribution < -0.4 is 0 Å². The van der Waals surface area contributed by atoms with Crippen LogP contribution in [0.15, 0.2) is 24.5 Å². The van der Waals surface area contributed by atoms with Crippen molar-refractivity contribution in [2.75, 3.05) is 7.11 Å². The van der Waals surface area contributed by atoms with Crippen LogP contribution in [0, 0.1) is 0 Å². The van der Waals surface area contributed by atoms with E-state index in [2.05, 4.69) is 35.7 Å². The summed E-state index contributed by atoms with van der Waals surface area (Å²) in [6.45, 7) is 4.49. The number of methoxy groups -OCH3 is 1. The average molecular weight is 258 g/mol. The van der Waals surface area contributed by atoms with Crippen LogP contribution in [0.25, 0.3) is 11.0 Å². The fourth-order valence-corrected chi connectivity index (χ4v) is 3.32. The molecule has 2 heterocycles. The molecule has 0 radical (unpaired) electrons. The summed E-state index contributed by atoms with van der Waals surface area (Å²) in [7, 11) is 1.82. The second-order valence-electron chi connectivity index (χ2n) is 5.79. The van der Waals surface area contributed by atoms with Gasteiger partial charge in [-0.1, -0.05) is 13.8 Å². The Kier molecular flexibility index (Phi) is 3.31. The van der Waals surface area contributed by atoms with E-state index in [4.69, 9.17) is 4.74 Å². The molecular weight excluding hydrogens is 236 g/mol. The summed E-state index contributed by atoms with van der Waals surface area (Å²) in [6, 6.07) is 4.65. The van der Waals surface area contributed by atoms with Gasteiger partial charge in [0.05, 0.1) is 12.1 Å². The SMILES string of the molecule is COC1CCCC1n1cc(C(C)C)c2cccnc21. The maximum absolute atomic E-state index is 5.65. The molecule has 1 aliphatic rings. The number of fused-ring (bicyclic) bond motifs is 1. The molecule has 19 heavy (non-hydrogen) atoms. The van der Waals surface area contributed by atoms with E-state index in [0.29, 0.717) is 18.1 Å². The number of rotatable bonds is 3. The number of pyridine rings is 1. The molecule has 0 bridgehead atoms. The number of aromatic nitrogens is 2. The van der Waals surface area contributed by atoms with E-state index in [1.165, 1.54) is 23.8 Å². The largest absolute Gasteiger partial charge is 0.379 e. The van der Waals surface area contributed by atoms with E-state index in [1.54, 1.807) is 0 Å². The number of ether oxygens (including phenoxy) is 1. The molecule has 102 valence electrons. The van der Waals surface area contributed by atoms with Crippen molar-refractivity contribution < 1.29 is 4.74 Å². The molecule has 1 fully saturated rings. The summed E-state index contributed by atoms with van der Waals surface area (Å²) in [5, 5.41) is 1.29. The van der Waals surface area contributed by atoms with Crippen molar-refractivity contribution in [2.45, 2.75) is 51.2 Å². The molecule has 2 unspecified atom stereocenters. The molecule has 2 atom stereocenters. The summed E-state index contributed by atoms with van der Waals surface area (Å²) >= 11 is 0. The van der Waals surface area contributed by atoms with E-state index in [-0.39, 0.29) is 0 Å². The Bertz CT molecular complexity index is 573. The van der Waals surface area contributed by atoms with Crippen LogP contribution in [0.3, 0.4) is 0 Å². The Hall–Kier alpha value is -1.35.